The van der Waals surface area contributed by atoms with Crippen molar-refractivity contribution in [1.29, 1.82) is 0 Å². The topological polar surface area (TPSA) is 65.2 Å². The molecular formula is C17H25N3O2S. The highest BCUT2D eigenvalue weighted by Gasteiger charge is 2.31. The van der Waals surface area contributed by atoms with Crippen LogP contribution in [0.25, 0.3) is 10.9 Å². The van der Waals surface area contributed by atoms with Gasteiger partial charge in [0.25, 0.3) is 0 Å². The Bertz CT molecular complexity index is 769. The van der Waals surface area contributed by atoms with Gasteiger partial charge >= 0.3 is 0 Å². The third kappa shape index (κ3) is 3.59. The number of H-pyrrole nitrogens is 1. The first kappa shape index (κ1) is 16.5. The van der Waals surface area contributed by atoms with Crippen LogP contribution in [0.5, 0.6) is 0 Å². The second-order valence-electron chi connectivity index (χ2n) is 6.42. The summed E-state index contributed by atoms with van der Waals surface area (Å²) in [4.78, 5) is 3.24. The lowest BCUT2D eigenvalue weighted by Gasteiger charge is -2.37. The van der Waals surface area contributed by atoms with Crippen LogP contribution in [0.1, 0.15) is 25.3 Å². The second kappa shape index (κ2) is 6.63. The molecule has 2 unspecified atom stereocenters. The van der Waals surface area contributed by atoms with Gasteiger partial charge in [-0.1, -0.05) is 25.5 Å². The van der Waals surface area contributed by atoms with Gasteiger partial charge in [-0.15, -0.1) is 0 Å². The maximum absolute atomic E-state index is 11.8. The molecule has 0 spiro atoms. The summed E-state index contributed by atoms with van der Waals surface area (Å²) in [6.45, 7) is 4.19. The largest absolute Gasteiger partial charge is 0.361 e. The molecule has 126 valence electrons. The van der Waals surface area contributed by atoms with Gasteiger partial charge in [0.05, 0.1) is 6.26 Å². The first-order valence-corrected chi connectivity index (χ1v) is 10.1. The van der Waals surface area contributed by atoms with Gasteiger partial charge < -0.3 is 10.3 Å². The van der Waals surface area contributed by atoms with Gasteiger partial charge in [-0.05, 0) is 30.0 Å². The lowest BCUT2D eigenvalue weighted by atomic mass is 9.91. The number of piperidine rings is 1. The van der Waals surface area contributed by atoms with E-state index in [4.69, 9.17) is 0 Å². The number of hydrogen-bond acceptors (Lipinski definition) is 3. The van der Waals surface area contributed by atoms with E-state index in [0.717, 1.165) is 24.9 Å². The minimum atomic E-state index is -3.08. The number of aromatic amines is 1. The fraction of sp³-hybridized carbons (Fsp3) is 0.529. The van der Waals surface area contributed by atoms with Gasteiger partial charge in [0.1, 0.15) is 0 Å². The molecule has 2 N–H and O–H groups in total. The summed E-state index contributed by atoms with van der Waals surface area (Å²) in [7, 11) is -3.08. The number of rotatable bonds is 5. The van der Waals surface area contributed by atoms with Crippen LogP contribution in [-0.2, 0) is 16.6 Å². The van der Waals surface area contributed by atoms with E-state index < -0.39 is 10.0 Å². The van der Waals surface area contributed by atoms with E-state index in [1.807, 2.05) is 6.20 Å². The molecule has 1 fully saturated rings. The van der Waals surface area contributed by atoms with Gasteiger partial charge in [0, 0.05) is 42.8 Å². The zero-order valence-corrected chi connectivity index (χ0v) is 14.6. The lowest BCUT2D eigenvalue weighted by Crippen LogP contribution is -2.50. The van der Waals surface area contributed by atoms with E-state index in [0.29, 0.717) is 25.0 Å². The highest BCUT2D eigenvalue weighted by atomic mass is 32.2. The predicted molar refractivity (Wildman–Crippen MR) is 93.7 cm³/mol. The number of aromatic nitrogens is 1. The molecule has 2 heterocycles. The molecule has 0 saturated carbocycles. The Morgan fingerprint density at radius 2 is 2.17 bits per heavy atom. The van der Waals surface area contributed by atoms with Crippen molar-refractivity contribution in [3.8, 4) is 0 Å². The Hall–Kier alpha value is -1.37. The summed E-state index contributed by atoms with van der Waals surface area (Å²) in [5.41, 5.74) is 2.44. The third-order valence-electron chi connectivity index (χ3n) is 4.93. The van der Waals surface area contributed by atoms with Gasteiger partial charge in [0.15, 0.2) is 0 Å². The van der Waals surface area contributed by atoms with E-state index >= 15 is 0 Å². The quantitative estimate of drug-likeness (QED) is 0.881. The fourth-order valence-electron chi connectivity index (χ4n) is 3.53. The molecular weight excluding hydrogens is 310 g/mol. The molecule has 0 aliphatic carbocycles. The number of benzene rings is 1. The van der Waals surface area contributed by atoms with Crippen LogP contribution in [0.3, 0.4) is 0 Å². The molecule has 23 heavy (non-hydrogen) atoms. The Balaban J connectivity index is 1.67. The SMILES string of the molecule is CCC1CN(S(C)(=O)=O)CCC1NCc1cccc2[nH]ccc12. The van der Waals surface area contributed by atoms with Crippen LogP contribution in [0.4, 0.5) is 0 Å². The van der Waals surface area contributed by atoms with Crippen LogP contribution in [0.2, 0.25) is 0 Å². The van der Waals surface area contributed by atoms with E-state index in [1.165, 1.54) is 17.2 Å². The maximum atomic E-state index is 11.8. The highest BCUT2D eigenvalue weighted by molar-refractivity contribution is 7.88. The van der Waals surface area contributed by atoms with Gasteiger partial charge in [-0.25, -0.2) is 12.7 Å². The predicted octanol–water partition coefficient (Wildman–Crippen LogP) is 2.32. The van der Waals surface area contributed by atoms with Crippen molar-refractivity contribution >= 4 is 20.9 Å². The van der Waals surface area contributed by atoms with Crippen LogP contribution in [0.15, 0.2) is 30.5 Å². The van der Waals surface area contributed by atoms with Crippen molar-refractivity contribution in [3.05, 3.63) is 36.0 Å². The smallest absolute Gasteiger partial charge is 0.211 e. The summed E-state index contributed by atoms with van der Waals surface area (Å²) in [6, 6.07) is 8.77. The van der Waals surface area contributed by atoms with E-state index in [9.17, 15) is 8.42 Å². The molecule has 3 rings (SSSR count). The lowest BCUT2D eigenvalue weighted by molar-refractivity contribution is 0.202. The number of fused-ring (bicyclic) bond motifs is 1. The minimum Gasteiger partial charge on any atom is -0.361 e. The summed E-state index contributed by atoms with van der Waals surface area (Å²) >= 11 is 0. The minimum absolute atomic E-state index is 0.365. The Morgan fingerprint density at radius 1 is 1.35 bits per heavy atom. The number of sulfonamides is 1. The van der Waals surface area contributed by atoms with Crippen LogP contribution < -0.4 is 5.32 Å². The molecule has 1 aromatic carbocycles. The van der Waals surface area contributed by atoms with Crippen LogP contribution in [0, 0.1) is 5.92 Å². The fourth-order valence-corrected chi connectivity index (χ4v) is 4.43. The molecule has 1 aliphatic rings. The van der Waals surface area contributed by atoms with Gasteiger partial charge in [-0.3, -0.25) is 0 Å². The molecule has 0 bridgehead atoms. The van der Waals surface area contributed by atoms with Crippen molar-refractivity contribution in [2.45, 2.75) is 32.4 Å². The molecule has 2 atom stereocenters. The average Bonchev–Trinajstić information content (AvgIpc) is 3.01. The normalized spacial score (nSPS) is 23.4. The first-order valence-electron chi connectivity index (χ1n) is 8.22. The molecule has 2 aromatic rings. The molecule has 1 saturated heterocycles. The average molecular weight is 335 g/mol. The first-order chi connectivity index (χ1) is 11.0. The summed E-state index contributed by atoms with van der Waals surface area (Å²) in [5, 5.41) is 4.91. The molecule has 5 nitrogen and oxygen atoms in total. The second-order valence-corrected chi connectivity index (χ2v) is 8.40. The van der Waals surface area contributed by atoms with Gasteiger partial charge in [-0.2, -0.15) is 0 Å². The zero-order valence-electron chi connectivity index (χ0n) is 13.7. The highest BCUT2D eigenvalue weighted by Crippen LogP contribution is 2.23. The molecule has 0 amide bonds. The van der Waals surface area contributed by atoms with E-state index in [1.54, 1.807) is 4.31 Å². The monoisotopic (exact) mass is 335 g/mol. The Kier molecular flexibility index (Phi) is 4.75. The zero-order chi connectivity index (χ0) is 16.4. The van der Waals surface area contributed by atoms with Crippen molar-refractivity contribution in [3.63, 3.8) is 0 Å². The van der Waals surface area contributed by atoms with E-state index in [-0.39, 0.29) is 0 Å². The molecule has 1 aliphatic heterocycles. The van der Waals surface area contributed by atoms with Crippen LogP contribution in [-0.4, -0.2) is 43.1 Å². The van der Waals surface area contributed by atoms with Gasteiger partial charge in [0.2, 0.25) is 10.0 Å². The Morgan fingerprint density at radius 3 is 2.91 bits per heavy atom. The maximum Gasteiger partial charge on any atom is 0.211 e. The van der Waals surface area contributed by atoms with E-state index in [2.05, 4.69) is 41.5 Å². The van der Waals surface area contributed by atoms with Crippen molar-refractivity contribution in [2.24, 2.45) is 5.92 Å². The summed E-state index contributed by atoms with van der Waals surface area (Å²) < 4.78 is 25.1. The third-order valence-corrected chi connectivity index (χ3v) is 6.20. The van der Waals surface area contributed by atoms with Crippen molar-refractivity contribution in [2.75, 3.05) is 19.3 Å². The Labute approximate surface area is 138 Å². The number of nitrogens with zero attached hydrogens (tertiary/aromatic N) is 1. The summed E-state index contributed by atoms with van der Waals surface area (Å²) in [5.74, 6) is 0.365. The molecule has 1 aromatic heterocycles. The van der Waals surface area contributed by atoms with Crippen LogP contribution >= 0.6 is 0 Å². The number of hydrogen-bond donors (Lipinski definition) is 2. The summed E-state index contributed by atoms with van der Waals surface area (Å²) in [6.07, 6.45) is 5.13. The number of nitrogens with one attached hydrogen (secondary N) is 2. The van der Waals surface area contributed by atoms with Crippen molar-refractivity contribution < 1.29 is 8.42 Å². The van der Waals surface area contributed by atoms with Crippen molar-refractivity contribution in [1.82, 2.24) is 14.6 Å². The molecule has 6 heteroatoms. The molecule has 0 radical (unpaired) electrons. The standard InChI is InChI=1S/C17H25N3O2S/c1-3-13-12-20(23(2,21)22)10-8-16(13)19-11-14-5-4-6-17-15(14)7-9-18-17/h4-7,9,13,16,18-19H,3,8,10-12H2,1-2H3.